The van der Waals surface area contributed by atoms with Crippen molar-refractivity contribution in [2.75, 3.05) is 0 Å². The highest BCUT2D eigenvalue weighted by molar-refractivity contribution is 6.99. The summed E-state index contributed by atoms with van der Waals surface area (Å²) in [6.45, 7) is 6.53. The molecular weight excluding hydrogens is 503 g/mol. The van der Waals surface area contributed by atoms with E-state index in [1.807, 2.05) is 66.7 Å². The van der Waals surface area contributed by atoms with Crippen molar-refractivity contribution in [1.82, 2.24) is 0 Å². The quantitative estimate of drug-likeness (QED) is 0.291. The first-order valence-electron chi connectivity index (χ1n) is 11.9. The minimum Gasteiger partial charge on any atom is -0.394 e. The van der Waals surface area contributed by atoms with Gasteiger partial charge in [0, 0.05) is 22.1 Å². The Morgan fingerprint density at radius 2 is 1.36 bits per heavy atom. The van der Waals surface area contributed by atoms with Gasteiger partial charge >= 0.3 is 0 Å². The average molecular weight is 534 g/mol. The molecule has 184 valence electrons. The smallest absolute Gasteiger partial charge is 0.262 e. The van der Waals surface area contributed by atoms with Crippen LogP contribution in [0.25, 0.3) is 5.57 Å². The Labute approximate surface area is 225 Å². The van der Waals surface area contributed by atoms with Crippen LogP contribution in [0.15, 0.2) is 107 Å². The van der Waals surface area contributed by atoms with Crippen LogP contribution in [0.1, 0.15) is 32.8 Å². The summed E-state index contributed by atoms with van der Waals surface area (Å²) in [5.74, 6) is 2.52. The van der Waals surface area contributed by atoms with E-state index in [1.54, 1.807) is 6.08 Å². The van der Waals surface area contributed by atoms with E-state index in [-0.39, 0.29) is 11.5 Å². The van der Waals surface area contributed by atoms with Crippen molar-refractivity contribution >= 4 is 47.5 Å². The number of allylic oxidation sites excluding steroid dienone is 2. The first-order valence-corrected chi connectivity index (χ1v) is 14.6. The van der Waals surface area contributed by atoms with Gasteiger partial charge in [0.25, 0.3) is 8.32 Å². The summed E-state index contributed by atoms with van der Waals surface area (Å²) in [6.07, 6.45) is 6.54. The monoisotopic (exact) mass is 532 g/mol. The molecule has 0 saturated heterocycles. The topological polar surface area (TPSA) is 29.5 Å². The lowest BCUT2D eigenvalue weighted by Crippen LogP contribution is -2.71. The summed E-state index contributed by atoms with van der Waals surface area (Å²) < 4.78 is 7.35. The maximum atomic E-state index is 11.3. The largest absolute Gasteiger partial charge is 0.394 e. The van der Waals surface area contributed by atoms with Crippen LogP contribution in [0.3, 0.4) is 0 Å². The van der Waals surface area contributed by atoms with Crippen molar-refractivity contribution < 1.29 is 9.53 Å². The van der Waals surface area contributed by atoms with Crippen molar-refractivity contribution in [2.24, 2.45) is 0 Å². The molecule has 1 aliphatic carbocycles. The fraction of sp³-hybridized carbons (Fsp3) is 0.226. The summed E-state index contributed by atoms with van der Waals surface area (Å²) in [4.78, 5) is 0. The third-order valence-corrected chi connectivity index (χ3v) is 12.5. The van der Waals surface area contributed by atoms with E-state index < -0.39 is 20.0 Å². The molecule has 2 unspecified atom stereocenters. The number of halogens is 2. The summed E-state index contributed by atoms with van der Waals surface area (Å²) in [6, 6.07) is 30.2. The van der Waals surface area contributed by atoms with Crippen LogP contribution in [-0.2, 0) is 4.43 Å². The molecule has 0 saturated carbocycles. The first-order chi connectivity index (χ1) is 17.1. The standard InChI is InChI=1S/C31H30Cl2O2Si/c1-5-28(34)31(21-26(32)29(27(33)22-31)23-15-9-6-10-16-23)35-36(30(2,3)4,24-17-11-7-12-18-24)25-19-13-8-14-20-25/h1,6-21,28,34H,22H2,2-4H3. The number of benzene rings is 3. The zero-order chi connectivity index (χ0) is 26.0. The Morgan fingerprint density at radius 3 is 1.78 bits per heavy atom. The van der Waals surface area contributed by atoms with Crippen LogP contribution in [0.2, 0.25) is 5.04 Å². The molecule has 5 heteroatoms. The summed E-state index contributed by atoms with van der Waals surface area (Å²) in [7, 11) is -3.09. The van der Waals surface area contributed by atoms with E-state index in [2.05, 4.69) is 51.0 Å². The molecule has 2 nitrogen and oxygen atoms in total. The van der Waals surface area contributed by atoms with Crippen molar-refractivity contribution in [3.8, 4) is 12.3 Å². The molecule has 2 atom stereocenters. The molecule has 0 spiro atoms. The third kappa shape index (κ3) is 4.73. The van der Waals surface area contributed by atoms with E-state index in [9.17, 15) is 5.11 Å². The molecule has 0 heterocycles. The summed E-state index contributed by atoms with van der Waals surface area (Å²) >= 11 is 13.8. The van der Waals surface area contributed by atoms with Gasteiger partial charge in [0.05, 0.1) is 0 Å². The van der Waals surface area contributed by atoms with Gasteiger partial charge < -0.3 is 9.53 Å². The predicted octanol–water partition coefficient (Wildman–Crippen LogP) is 6.47. The molecule has 3 aromatic rings. The van der Waals surface area contributed by atoms with Gasteiger partial charge in [-0.1, -0.05) is 141 Å². The van der Waals surface area contributed by atoms with E-state index in [0.717, 1.165) is 21.5 Å². The van der Waals surface area contributed by atoms with E-state index in [0.29, 0.717) is 10.1 Å². The minimum absolute atomic E-state index is 0.199. The number of rotatable bonds is 6. The molecule has 0 bridgehead atoms. The highest BCUT2D eigenvalue weighted by Gasteiger charge is 2.56. The Balaban J connectivity index is 1.96. The van der Waals surface area contributed by atoms with Crippen LogP contribution >= 0.6 is 23.2 Å². The molecule has 0 fully saturated rings. The third-order valence-electron chi connectivity index (χ3n) is 6.76. The van der Waals surface area contributed by atoms with E-state index >= 15 is 0 Å². The van der Waals surface area contributed by atoms with Crippen molar-refractivity contribution in [3.63, 3.8) is 0 Å². The zero-order valence-corrected chi connectivity index (χ0v) is 23.2. The Kier molecular flexibility index (Phi) is 7.66. The SMILES string of the molecule is C#CC(O)C1(O[Si](c2ccccc2)(c2ccccc2)C(C)(C)C)C=C(Cl)C(c2ccccc2)=C(Cl)C1. The molecule has 0 amide bonds. The summed E-state index contributed by atoms with van der Waals surface area (Å²) in [5.41, 5.74) is 0.315. The fourth-order valence-electron chi connectivity index (χ4n) is 5.07. The Hall–Kier alpha value is -2.58. The van der Waals surface area contributed by atoms with Crippen molar-refractivity contribution in [1.29, 1.82) is 0 Å². The number of aliphatic hydroxyl groups excluding tert-OH is 1. The molecule has 0 aliphatic heterocycles. The second kappa shape index (κ2) is 10.4. The zero-order valence-electron chi connectivity index (χ0n) is 20.7. The second-order valence-corrected chi connectivity index (χ2v) is 15.2. The van der Waals surface area contributed by atoms with E-state index in [4.69, 9.17) is 34.1 Å². The second-order valence-electron chi connectivity index (χ2n) is 10.1. The van der Waals surface area contributed by atoms with Gasteiger partial charge in [-0.05, 0) is 27.1 Å². The predicted molar refractivity (Wildman–Crippen MR) is 154 cm³/mol. The van der Waals surface area contributed by atoms with Gasteiger partial charge in [-0.2, -0.15) is 0 Å². The van der Waals surface area contributed by atoms with Crippen molar-refractivity contribution in [2.45, 2.75) is 43.9 Å². The molecule has 1 N–H and O–H groups in total. The first kappa shape index (κ1) is 26.5. The number of hydrogen-bond donors (Lipinski definition) is 1. The molecule has 1 aliphatic rings. The van der Waals surface area contributed by atoms with Gasteiger partial charge in [-0.3, -0.25) is 0 Å². The highest BCUT2D eigenvalue weighted by atomic mass is 35.5. The molecular formula is C31H30Cl2O2Si. The molecule has 0 aromatic heterocycles. The Bertz CT molecular complexity index is 1270. The van der Waals surface area contributed by atoms with Crippen LogP contribution in [-0.4, -0.2) is 25.1 Å². The lowest BCUT2D eigenvalue weighted by Gasteiger charge is -2.50. The van der Waals surface area contributed by atoms with Gasteiger partial charge in [0.2, 0.25) is 0 Å². The minimum atomic E-state index is -3.09. The van der Waals surface area contributed by atoms with E-state index in [1.165, 1.54) is 0 Å². The number of hydrogen-bond acceptors (Lipinski definition) is 2. The molecule has 36 heavy (non-hydrogen) atoms. The van der Waals surface area contributed by atoms with Crippen LogP contribution < -0.4 is 10.4 Å². The van der Waals surface area contributed by atoms with Crippen LogP contribution in [0.4, 0.5) is 0 Å². The molecule has 0 radical (unpaired) electrons. The summed E-state index contributed by atoms with van der Waals surface area (Å²) in [5, 5.41) is 14.1. The lowest BCUT2D eigenvalue weighted by molar-refractivity contribution is 0.00504. The molecule has 4 rings (SSSR count). The lowest BCUT2D eigenvalue weighted by atomic mass is 9.85. The highest BCUT2D eigenvalue weighted by Crippen LogP contribution is 2.48. The van der Waals surface area contributed by atoms with Crippen LogP contribution in [0, 0.1) is 12.3 Å². The van der Waals surface area contributed by atoms with Gasteiger partial charge in [0.1, 0.15) is 11.7 Å². The fourth-order valence-corrected chi connectivity index (χ4v) is 10.7. The normalized spacial score (nSPS) is 19.4. The Morgan fingerprint density at radius 1 is 0.889 bits per heavy atom. The maximum absolute atomic E-state index is 11.3. The number of aliphatic hydroxyl groups is 1. The maximum Gasteiger partial charge on any atom is 0.262 e. The van der Waals surface area contributed by atoms with Gasteiger partial charge in [-0.15, -0.1) is 6.42 Å². The number of terminal acetylenes is 1. The average Bonchev–Trinajstić information content (AvgIpc) is 2.87. The molecule has 3 aromatic carbocycles. The van der Waals surface area contributed by atoms with Gasteiger partial charge in [0.15, 0.2) is 0 Å². The van der Waals surface area contributed by atoms with Gasteiger partial charge in [-0.25, -0.2) is 0 Å². The van der Waals surface area contributed by atoms with Crippen molar-refractivity contribution in [3.05, 3.63) is 113 Å². The van der Waals surface area contributed by atoms with Crippen LogP contribution in [0.5, 0.6) is 0 Å².